The van der Waals surface area contributed by atoms with Crippen LogP contribution in [0.3, 0.4) is 0 Å². The van der Waals surface area contributed by atoms with Crippen LogP contribution in [0.1, 0.15) is 115 Å². The smallest absolute Gasteiger partial charge is 0.339 e. The van der Waals surface area contributed by atoms with Crippen LogP contribution in [0.4, 0.5) is 0 Å². The molecule has 0 aliphatic carbocycles. The first-order valence-electron chi connectivity index (χ1n) is 16.0. The largest absolute Gasteiger partial charge is 0.507 e. The van der Waals surface area contributed by atoms with E-state index in [4.69, 9.17) is 9.47 Å². The molecule has 2 saturated heterocycles. The van der Waals surface area contributed by atoms with Crippen molar-refractivity contribution in [1.82, 2.24) is 0 Å². The molecule has 0 aromatic heterocycles. The van der Waals surface area contributed by atoms with Crippen molar-refractivity contribution in [2.45, 2.75) is 142 Å². The summed E-state index contributed by atoms with van der Waals surface area (Å²) in [5.74, 6) is -2.55. The lowest BCUT2D eigenvalue weighted by Gasteiger charge is -2.47. The van der Waals surface area contributed by atoms with Crippen molar-refractivity contribution in [3.63, 3.8) is 0 Å². The van der Waals surface area contributed by atoms with Gasteiger partial charge in [0, 0.05) is 11.8 Å². The lowest BCUT2D eigenvalue weighted by Crippen LogP contribution is -2.55. The minimum atomic E-state index is -1.18. The summed E-state index contributed by atoms with van der Waals surface area (Å²) in [4.78, 5) is 25.7. The van der Waals surface area contributed by atoms with Gasteiger partial charge in [-0.25, -0.2) is 4.79 Å². The molecule has 0 spiro atoms. The number of benzene rings is 1. The maximum atomic E-state index is 13.9. The van der Waals surface area contributed by atoms with Crippen molar-refractivity contribution in [3.8, 4) is 5.75 Å². The van der Waals surface area contributed by atoms with Crippen LogP contribution >= 0.6 is 0 Å². The number of Topliss-reactive ketones (excluding diaryl/α,β-unsaturated/α-hetero) is 1. The van der Waals surface area contributed by atoms with Gasteiger partial charge in [0.25, 0.3) is 0 Å². The number of ether oxygens (including phenoxy) is 2. The summed E-state index contributed by atoms with van der Waals surface area (Å²) >= 11 is 0. The average molecular weight is 591 g/mol. The minimum absolute atomic E-state index is 0.0157. The first kappa shape index (κ1) is 34.5. The number of carboxylic acid groups (broad SMARTS) is 1. The molecule has 0 radical (unpaired) electrons. The van der Waals surface area contributed by atoms with Crippen LogP contribution in [0.15, 0.2) is 12.1 Å². The molecule has 0 saturated carbocycles. The van der Waals surface area contributed by atoms with Crippen LogP contribution in [0, 0.1) is 30.6 Å². The summed E-state index contributed by atoms with van der Waals surface area (Å²) in [5.41, 5.74) is -0.437. The number of aromatic carboxylic acids is 1. The third-order valence-corrected chi connectivity index (χ3v) is 10.7. The number of aliphatic hydroxyl groups excluding tert-OH is 1. The molecule has 8 nitrogen and oxygen atoms in total. The zero-order valence-electron chi connectivity index (χ0n) is 26.9. The zero-order chi connectivity index (χ0) is 31.6. The van der Waals surface area contributed by atoms with E-state index in [1.54, 1.807) is 26.0 Å². The normalized spacial score (nSPS) is 32.7. The van der Waals surface area contributed by atoms with Gasteiger partial charge in [0.2, 0.25) is 0 Å². The monoisotopic (exact) mass is 590 g/mol. The van der Waals surface area contributed by atoms with E-state index in [-0.39, 0.29) is 53.2 Å². The van der Waals surface area contributed by atoms with Gasteiger partial charge in [0.05, 0.1) is 35.6 Å². The Morgan fingerprint density at radius 2 is 1.79 bits per heavy atom. The van der Waals surface area contributed by atoms with E-state index in [0.717, 1.165) is 12.8 Å². The Morgan fingerprint density at radius 3 is 2.33 bits per heavy atom. The summed E-state index contributed by atoms with van der Waals surface area (Å²) in [7, 11) is 0. The topological polar surface area (TPSA) is 134 Å². The van der Waals surface area contributed by atoms with Crippen molar-refractivity contribution in [1.29, 1.82) is 0 Å². The molecule has 2 aliphatic heterocycles. The molecule has 1 aromatic rings. The summed E-state index contributed by atoms with van der Waals surface area (Å²) < 4.78 is 13.2. The zero-order valence-corrected chi connectivity index (χ0v) is 26.9. The van der Waals surface area contributed by atoms with Gasteiger partial charge in [-0.05, 0) is 88.2 Å². The number of phenols is 1. The van der Waals surface area contributed by atoms with Gasteiger partial charge in [-0.1, -0.05) is 53.7 Å². The standard InChI is InChI=1S/C34H54O8/c1-9-25(31-21(6)18-34(11-3,42-31)26-16-17-33(40,10-2)23(8)41-26)30(37)22(7)28(35)19(4)12-14-24-15-13-20(5)29(36)27(24)32(38)39/h13,15,19,21-23,25-26,28,31,35-36,40H,9-12,14,16-18H2,1-8H3,(H,38,39)/t19-,21-,22-,23-,25-,26?,28-,31-,33+,34-/m0/s1. The summed E-state index contributed by atoms with van der Waals surface area (Å²) in [5, 5.41) is 42.1. The number of carbonyl (C=O) groups excluding carboxylic acids is 1. The molecule has 1 aromatic carbocycles. The highest BCUT2D eigenvalue weighted by Crippen LogP contribution is 2.48. The van der Waals surface area contributed by atoms with Gasteiger partial charge in [-0.15, -0.1) is 0 Å². The SMILES string of the molecule is CC[C@@H](C(=O)[C@@H](C)[C@@H](O)[C@@H](C)CCc1ccc(C)c(O)c1C(=O)O)[C@H]1O[C@](CC)(C2CC[C@](O)(CC)[C@H](C)O2)C[C@@H]1C. The Morgan fingerprint density at radius 1 is 1.12 bits per heavy atom. The van der Waals surface area contributed by atoms with E-state index < -0.39 is 29.2 Å². The Hall–Kier alpha value is -2.00. The Labute approximate surface area is 251 Å². The van der Waals surface area contributed by atoms with Crippen LogP contribution in [-0.2, 0) is 20.7 Å². The molecular formula is C34H54O8. The second-order valence-electron chi connectivity index (χ2n) is 13.2. The predicted octanol–water partition coefficient (Wildman–Crippen LogP) is 5.84. The molecule has 2 heterocycles. The van der Waals surface area contributed by atoms with Crippen LogP contribution in [0.5, 0.6) is 5.75 Å². The van der Waals surface area contributed by atoms with Gasteiger partial charge in [0.1, 0.15) is 17.1 Å². The van der Waals surface area contributed by atoms with Crippen LogP contribution in [0.2, 0.25) is 0 Å². The fourth-order valence-electron chi connectivity index (χ4n) is 7.45. The molecule has 1 unspecified atom stereocenters. The fourth-order valence-corrected chi connectivity index (χ4v) is 7.45. The van der Waals surface area contributed by atoms with Crippen molar-refractivity contribution in [2.75, 3.05) is 0 Å². The van der Waals surface area contributed by atoms with Crippen LogP contribution < -0.4 is 0 Å². The van der Waals surface area contributed by atoms with E-state index in [2.05, 4.69) is 13.8 Å². The van der Waals surface area contributed by atoms with Gasteiger partial charge in [0.15, 0.2) is 0 Å². The second kappa shape index (κ2) is 13.7. The minimum Gasteiger partial charge on any atom is -0.507 e. The molecular weight excluding hydrogens is 536 g/mol. The van der Waals surface area contributed by atoms with Crippen molar-refractivity contribution < 1.29 is 39.5 Å². The third kappa shape index (κ3) is 6.72. The fraction of sp³-hybridized carbons (Fsp3) is 0.765. The highest BCUT2D eigenvalue weighted by atomic mass is 16.6. The van der Waals surface area contributed by atoms with E-state index in [1.165, 1.54) is 0 Å². The number of aliphatic hydroxyl groups is 2. The maximum Gasteiger partial charge on any atom is 0.339 e. The molecule has 238 valence electrons. The lowest BCUT2D eigenvalue weighted by molar-refractivity contribution is -0.229. The Bertz CT molecular complexity index is 1100. The molecule has 0 amide bonds. The third-order valence-electron chi connectivity index (χ3n) is 10.7. The quantitative estimate of drug-likeness (QED) is 0.225. The molecule has 4 N–H and O–H groups in total. The number of hydrogen-bond acceptors (Lipinski definition) is 7. The van der Waals surface area contributed by atoms with Gasteiger partial charge >= 0.3 is 5.97 Å². The highest BCUT2D eigenvalue weighted by molar-refractivity contribution is 5.93. The van der Waals surface area contributed by atoms with E-state index >= 15 is 0 Å². The number of carboxylic acids is 1. The lowest BCUT2D eigenvalue weighted by atomic mass is 9.76. The number of hydrogen-bond donors (Lipinski definition) is 4. The summed E-state index contributed by atoms with van der Waals surface area (Å²) in [6.07, 6.45) is 3.34. The van der Waals surface area contributed by atoms with Crippen molar-refractivity contribution in [3.05, 3.63) is 28.8 Å². The number of rotatable bonds is 13. The second-order valence-corrected chi connectivity index (χ2v) is 13.2. The molecule has 0 bridgehead atoms. The van der Waals surface area contributed by atoms with Crippen LogP contribution in [-0.4, -0.2) is 67.8 Å². The van der Waals surface area contributed by atoms with E-state index in [9.17, 15) is 30.0 Å². The molecule has 3 rings (SSSR count). The molecule has 42 heavy (non-hydrogen) atoms. The van der Waals surface area contributed by atoms with Crippen molar-refractivity contribution in [2.24, 2.45) is 23.7 Å². The van der Waals surface area contributed by atoms with E-state index in [1.807, 2.05) is 27.7 Å². The molecule has 8 heteroatoms. The first-order chi connectivity index (χ1) is 19.7. The summed E-state index contributed by atoms with van der Waals surface area (Å²) in [6.45, 7) is 15.4. The average Bonchev–Trinajstić information content (AvgIpc) is 3.31. The Balaban J connectivity index is 1.69. The van der Waals surface area contributed by atoms with Gasteiger partial charge in [-0.3, -0.25) is 4.79 Å². The number of carbonyl (C=O) groups is 2. The molecule has 2 fully saturated rings. The maximum absolute atomic E-state index is 13.9. The van der Waals surface area contributed by atoms with Crippen molar-refractivity contribution >= 4 is 11.8 Å². The number of aromatic hydroxyl groups is 1. The van der Waals surface area contributed by atoms with Gasteiger partial charge in [-0.2, -0.15) is 0 Å². The first-order valence-corrected chi connectivity index (χ1v) is 16.0. The molecule has 2 aliphatic rings. The number of ketones is 1. The summed E-state index contributed by atoms with van der Waals surface area (Å²) in [6, 6.07) is 3.40. The highest BCUT2D eigenvalue weighted by Gasteiger charge is 2.55. The molecule has 10 atom stereocenters. The van der Waals surface area contributed by atoms with Gasteiger partial charge < -0.3 is 29.9 Å². The Kier molecular flexibility index (Phi) is 11.3. The van der Waals surface area contributed by atoms with E-state index in [0.29, 0.717) is 49.7 Å². The predicted molar refractivity (Wildman–Crippen MR) is 162 cm³/mol. The van der Waals surface area contributed by atoms with Crippen LogP contribution in [0.25, 0.3) is 0 Å². The number of aryl methyl sites for hydroxylation is 2.